The van der Waals surface area contributed by atoms with Crippen molar-refractivity contribution in [2.75, 3.05) is 39.5 Å². The second-order valence-electron chi connectivity index (χ2n) is 6.50. The third kappa shape index (κ3) is 5.85. The third-order valence-electron chi connectivity index (χ3n) is 4.46. The number of amides is 1. The van der Waals surface area contributed by atoms with E-state index >= 15 is 0 Å². The van der Waals surface area contributed by atoms with Crippen molar-refractivity contribution in [1.29, 1.82) is 0 Å². The Labute approximate surface area is 190 Å². The second kappa shape index (κ2) is 11.3. The molecular weight excluding hydrogens is 434 g/mol. The number of aromatic nitrogens is 2. The number of nitrogens with one attached hydrogen (secondary N) is 1. The van der Waals surface area contributed by atoms with Gasteiger partial charge in [-0.15, -0.1) is 16.9 Å². The van der Waals surface area contributed by atoms with Crippen LogP contribution in [0.15, 0.2) is 45.7 Å². The third-order valence-corrected chi connectivity index (χ3v) is 5.56. The van der Waals surface area contributed by atoms with Crippen LogP contribution in [-0.2, 0) is 4.79 Å². The van der Waals surface area contributed by atoms with Crippen LogP contribution in [0.4, 0.5) is 6.01 Å². The van der Waals surface area contributed by atoms with Gasteiger partial charge in [0.15, 0.2) is 11.5 Å². The van der Waals surface area contributed by atoms with Gasteiger partial charge in [0, 0.05) is 16.9 Å². The van der Waals surface area contributed by atoms with Crippen LogP contribution in [0.1, 0.15) is 12.8 Å². The van der Waals surface area contributed by atoms with Gasteiger partial charge in [-0.05, 0) is 48.6 Å². The average Bonchev–Trinajstić information content (AvgIpc) is 3.29. The van der Waals surface area contributed by atoms with E-state index in [1.165, 1.54) is 21.3 Å². The van der Waals surface area contributed by atoms with Gasteiger partial charge in [0.05, 0.1) is 28.4 Å². The molecule has 0 unspecified atom stereocenters. The fourth-order valence-electron chi connectivity index (χ4n) is 2.87. The average molecular weight is 460 g/mol. The van der Waals surface area contributed by atoms with Crippen molar-refractivity contribution in [1.82, 2.24) is 10.2 Å². The molecule has 3 aromatic rings. The van der Waals surface area contributed by atoms with Gasteiger partial charge >= 0.3 is 6.01 Å². The van der Waals surface area contributed by atoms with E-state index in [0.29, 0.717) is 35.7 Å². The molecule has 0 aliphatic heterocycles. The molecule has 170 valence electrons. The van der Waals surface area contributed by atoms with Crippen LogP contribution in [0.5, 0.6) is 23.0 Å². The van der Waals surface area contributed by atoms with Gasteiger partial charge in [0.2, 0.25) is 17.5 Å². The highest BCUT2D eigenvalue weighted by Gasteiger charge is 2.18. The number of ether oxygens (including phenoxy) is 4. The molecule has 0 saturated carbocycles. The van der Waals surface area contributed by atoms with Gasteiger partial charge in [0.25, 0.3) is 0 Å². The lowest BCUT2D eigenvalue weighted by molar-refractivity contribution is -0.116. The zero-order valence-corrected chi connectivity index (χ0v) is 19.2. The zero-order valence-electron chi connectivity index (χ0n) is 18.3. The Hall–Kier alpha value is -3.40. The fraction of sp³-hybridized carbons (Fsp3) is 0.318. The molecule has 1 N–H and O–H groups in total. The van der Waals surface area contributed by atoms with Gasteiger partial charge in [-0.25, -0.2) is 0 Å². The van der Waals surface area contributed by atoms with Crippen molar-refractivity contribution in [3.63, 3.8) is 0 Å². The van der Waals surface area contributed by atoms with E-state index in [2.05, 4.69) is 15.5 Å². The predicted octanol–water partition coefficient (Wildman–Crippen LogP) is 4.28. The lowest BCUT2D eigenvalue weighted by atomic mass is 10.2. The Kier molecular flexibility index (Phi) is 8.20. The van der Waals surface area contributed by atoms with Crippen molar-refractivity contribution >= 4 is 23.7 Å². The molecule has 0 bridgehead atoms. The number of benzene rings is 2. The van der Waals surface area contributed by atoms with E-state index in [1.807, 2.05) is 24.3 Å². The van der Waals surface area contributed by atoms with Crippen molar-refractivity contribution in [3.05, 3.63) is 36.4 Å². The molecule has 0 atom stereocenters. The molecule has 0 aliphatic carbocycles. The molecule has 1 aromatic heterocycles. The number of thioether (sulfide) groups is 1. The standard InChI is InChI=1S/C22H25N3O6S/c1-27-15-7-9-16(10-8-15)32-11-5-6-19(26)23-22-25-24-21(31-22)14-12-17(28-2)20(30-4)18(13-14)29-3/h7-10,12-13H,5-6,11H2,1-4H3,(H,23,25,26). The van der Waals surface area contributed by atoms with Crippen LogP contribution in [0.25, 0.3) is 11.5 Å². The number of hydrogen-bond acceptors (Lipinski definition) is 9. The van der Waals surface area contributed by atoms with Gasteiger partial charge in [-0.1, -0.05) is 5.10 Å². The quantitative estimate of drug-likeness (QED) is 0.332. The summed E-state index contributed by atoms with van der Waals surface area (Å²) in [5.74, 6) is 3.02. The zero-order chi connectivity index (χ0) is 22.9. The van der Waals surface area contributed by atoms with Gasteiger partial charge < -0.3 is 23.4 Å². The molecule has 3 rings (SSSR count). The minimum Gasteiger partial charge on any atom is -0.497 e. The molecule has 1 amide bonds. The first-order chi connectivity index (χ1) is 15.6. The number of hydrogen-bond donors (Lipinski definition) is 1. The predicted molar refractivity (Wildman–Crippen MR) is 121 cm³/mol. The maximum atomic E-state index is 12.2. The first-order valence-corrected chi connectivity index (χ1v) is 10.8. The normalized spacial score (nSPS) is 10.5. The molecular formula is C22H25N3O6S. The minimum atomic E-state index is -0.194. The second-order valence-corrected chi connectivity index (χ2v) is 7.67. The summed E-state index contributed by atoms with van der Waals surface area (Å²) in [7, 11) is 6.20. The lowest BCUT2D eigenvalue weighted by Crippen LogP contribution is -2.11. The summed E-state index contributed by atoms with van der Waals surface area (Å²) in [5.41, 5.74) is 0.573. The molecule has 9 nitrogen and oxygen atoms in total. The molecule has 0 aliphatic rings. The highest BCUT2D eigenvalue weighted by Crippen LogP contribution is 2.41. The number of carbonyl (C=O) groups excluding carboxylic acids is 1. The first kappa shape index (κ1) is 23.3. The topological polar surface area (TPSA) is 105 Å². The summed E-state index contributed by atoms with van der Waals surface area (Å²) >= 11 is 1.68. The van der Waals surface area contributed by atoms with E-state index in [9.17, 15) is 4.79 Å². The van der Waals surface area contributed by atoms with Gasteiger partial charge in [-0.2, -0.15) is 0 Å². The number of nitrogens with zero attached hydrogens (tertiary/aromatic N) is 2. The van der Waals surface area contributed by atoms with Crippen LogP contribution in [0, 0.1) is 0 Å². The molecule has 1 heterocycles. The molecule has 2 aromatic carbocycles. The Balaban J connectivity index is 1.53. The maximum Gasteiger partial charge on any atom is 0.322 e. The van der Waals surface area contributed by atoms with Crippen LogP contribution >= 0.6 is 11.8 Å². The SMILES string of the molecule is COc1ccc(SCCCC(=O)Nc2nnc(-c3cc(OC)c(OC)c(OC)c3)o2)cc1. The summed E-state index contributed by atoms with van der Waals surface area (Å²) in [6.07, 6.45) is 1.04. The summed E-state index contributed by atoms with van der Waals surface area (Å²) in [6, 6.07) is 11.2. The van der Waals surface area contributed by atoms with Gasteiger partial charge in [-0.3, -0.25) is 10.1 Å². The van der Waals surface area contributed by atoms with Crippen molar-refractivity contribution in [3.8, 4) is 34.5 Å². The van der Waals surface area contributed by atoms with Crippen LogP contribution in [-0.4, -0.2) is 50.3 Å². The first-order valence-electron chi connectivity index (χ1n) is 9.78. The van der Waals surface area contributed by atoms with E-state index in [0.717, 1.165) is 16.4 Å². The van der Waals surface area contributed by atoms with Crippen molar-refractivity contribution in [2.45, 2.75) is 17.7 Å². The van der Waals surface area contributed by atoms with Crippen LogP contribution < -0.4 is 24.3 Å². The molecule has 0 radical (unpaired) electrons. The molecule has 10 heteroatoms. The van der Waals surface area contributed by atoms with Crippen LogP contribution in [0.3, 0.4) is 0 Å². The molecule has 0 saturated heterocycles. The Morgan fingerprint density at radius 3 is 2.25 bits per heavy atom. The maximum absolute atomic E-state index is 12.2. The minimum absolute atomic E-state index is 0.0292. The van der Waals surface area contributed by atoms with E-state index < -0.39 is 0 Å². The summed E-state index contributed by atoms with van der Waals surface area (Å²) in [4.78, 5) is 13.3. The van der Waals surface area contributed by atoms with Crippen molar-refractivity contribution in [2.24, 2.45) is 0 Å². The fourth-order valence-corrected chi connectivity index (χ4v) is 3.72. The van der Waals surface area contributed by atoms with E-state index in [1.54, 1.807) is 31.0 Å². The lowest BCUT2D eigenvalue weighted by Gasteiger charge is -2.12. The number of rotatable bonds is 11. The number of carbonyl (C=O) groups is 1. The highest BCUT2D eigenvalue weighted by molar-refractivity contribution is 7.99. The van der Waals surface area contributed by atoms with E-state index in [-0.39, 0.29) is 17.8 Å². The van der Waals surface area contributed by atoms with Crippen LogP contribution in [0.2, 0.25) is 0 Å². The van der Waals surface area contributed by atoms with Gasteiger partial charge in [0.1, 0.15) is 5.75 Å². The smallest absolute Gasteiger partial charge is 0.322 e. The van der Waals surface area contributed by atoms with Crippen molar-refractivity contribution < 1.29 is 28.2 Å². The largest absolute Gasteiger partial charge is 0.497 e. The molecule has 0 spiro atoms. The number of anilines is 1. The summed E-state index contributed by atoms with van der Waals surface area (Å²) < 4.78 is 26.7. The highest BCUT2D eigenvalue weighted by atomic mass is 32.2. The summed E-state index contributed by atoms with van der Waals surface area (Å²) in [5, 5.41) is 10.5. The Morgan fingerprint density at radius 1 is 0.969 bits per heavy atom. The Morgan fingerprint density at radius 2 is 1.66 bits per heavy atom. The molecule has 32 heavy (non-hydrogen) atoms. The van der Waals surface area contributed by atoms with E-state index in [4.69, 9.17) is 23.4 Å². The monoisotopic (exact) mass is 459 g/mol. The number of methoxy groups -OCH3 is 4. The Bertz CT molecular complexity index is 1010. The summed E-state index contributed by atoms with van der Waals surface area (Å²) in [6.45, 7) is 0. The molecule has 0 fully saturated rings.